The van der Waals surface area contributed by atoms with E-state index >= 15 is 28.8 Å². The second-order valence-electron chi connectivity index (χ2n) is 35.5. The van der Waals surface area contributed by atoms with Crippen molar-refractivity contribution in [1.82, 2.24) is 57.9 Å². The number of carbonyl (C=O) groups excluding carboxylic acids is 9. The number of anilines is 1. The molecule has 130 heavy (non-hydrogen) atoms. The molecule has 8 heterocycles. The van der Waals surface area contributed by atoms with Crippen molar-refractivity contribution < 1.29 is 131 Å². The lowest BCUT2D eigenvalue weighted by Gasteiger charge is -2.54. The van der Waals surface area contributed by atoms with Gasteiger partial charge in [0, 0.05) is 60.0 Å². The van der Waals surface area contributed by atoms with Crippen LogP contribution in [-0.4, -0.2) is 226 Å². The molecule has 0 spiro atoms. The lowest BCUT2D eigenvalue weighted by molar-refractivity contribution is -0.339. The molecule has 40 nitrogen and oxygen atoms in total. The van der Waals surface area contributed by atoms with Crippen molar-refractivity contribution in [2.24, 2.45) is 35.3 Å². The van der Waals surface area contributed by atoms with Crippen molar-refractivity contribution in [1.29, 1.82) is 0 Å². The molecule has 19 atom stereocenters. The van der Waals surface area contributed by atoms with Gasteiger partial charge in [0.2, 0.25) is 69.3 Å². The molecule has 4 aliphatic carbocycles. The van der Waals surface area contributed by atoms with Gasteiger partial charge in [0.25, 0.3) is 0 Å². The molecule has 10 amide bonds. The Hall–Kier alpha value is -11.1. The van der Waals surface area contributed by atoms with Crippen molar-refractivity contribution in [2.45, 2.75) is 207 Å². The van der Waals surface area contributed by atoms with Crippen LogP contribution < -0.4 is 87.9 Å². The van der Waals surface area contributed by atoms with Gasteiger partial charge in [-0.1, -0.05) is 43.6 Å². The third-order valence-electron chi connectivity index (χ3n) is 25.6. The van der Waals surface area contributed by atoms with E-state index in [9.17, 15) is 68.8 Å². The molecular weight excluding hydrogens is 1740 g/mol. The highest BCUT2D eigenvalue weighted by molar-refractivity contribution is 7.88. The Bertz CT molecular complexity index is 5490. The average molecular weight is 1850 g/mol. The fourth-order valence-corrected chi connectivity index (χ4v) is 19.9. The topological polar surface area (TPSA) is 605 Å². The summed E-state index contributed by atoms with van der Waals surface area (Å²) in [4.78, 5) is 140. The molecule has 2 saturated heterocycles. The van der Waals surface area contributed by atoms with Gasteiger partial charge in [-0.25, -0.2) is 17.9 Å². The molecule has 18 bridgehead atoms. The summed E-state index contributed by atoms with van der Waals surface area (Å²) in [5.74, 6) is -14.1. The standard InChI is InChI=1S/C88H106ClN13O27S/c1-35(2)20-52(91-5)79(113)101-67-69(106)40-9-16-56-48(27-40)72(109)76-73(110)74(111)77(127-61-33-88(4,90)78(112)36(3)124-61)86(129-76)128-75-58(125-56)29-44-30-59(75)126-57-17-10-41(28-51(57)89)70(107)68-85(119)100-66(83(117)97-63-42-22-37-21-38(24-42)25-43(63)23-37)49-31-55(104)50(34-92-18-19-93-130(7,121)122)71(108)62(49)47-26-39(8-15-54(47)103)64(81(115)102-68)99-82(116)65(44)98-80(114)53(95-84(67)118)32-60(105)96-87(120)94-45-11-13-46(123-6)14-12-45/h8-17,26-31,35-38,42-43,52-53,61,63-70,72-74,76-78,86,91-93,103-104,106-112H,18-25,32-34,90H2,1-7H3,(H,95,118)(H,97,117)(H,98,114)(H,99,116)(H,100,119)(H,101,113)(H,102,115)(H2,94,96,105,120)/t36-,37?,38?,42?,43?,52+,53-,61-,63?,64+,65+,66-,67+,68-,69+,70+,72?,73-,74-,76+,77+,78+,86+,88-/m0/s1. The van der Waals surface area contributed by atoms with Crippen molar-refractivity contribution in [3.63, 3.8) is 0 Å². The molecule has 12 aliphatic rings. The van der Waals surface area contributed by atoms with Crippen LogP contribution in [0.2, 0.25) is 5.02 Å². The molecule has 698 valence electrons. The number of hydrogen-bond donors (Lipinski definition) is 22. The van der Waals surface area contributed by atoms with E-state index in [-0.39, 0.29) is 82.9 Å². The van der Waals surface area contributed by atoms with Crippen LogP contribution in [0.4, 0.5) is 10.5 Å². The number of phenols is 3. The molecule has 6 aromatic carbocycles. The average Bonchev–Trinajstić information content (AvgIpc) is 0.756. The van der Waals surface area contributed by atoms with Crippen LogP contribution in [0.3, 0.4) is 0 Å². The van der Waals surface area contributed by atoms with E-state index in [1.165, 1.54) is 76.5 Å². The zero-order chi connectivity index (χ0) is 93.1. The zero-order valence-electron chi connectivity index (χ0n) is 71.6. The van der Waals surface area contributed by atoms with Gasteiger partial charge in [-0.15, -0.1) is 0 Å². The molecule has 4 saturated carbocycles. The number of amides is 10. The first kappa shape index (κ1) is 93.5. The number of nitrogens with two attached hydrogens (primary N) is 1. The number of phenolic OH excluding ortho intramolecular Hbond substituents is 3. The van der Waals surface area contributed by atoms with Gasteiger partial charge < -0.3 is 138 Å². The number of hydrogen-bond acceptors (Lipinski definition) is 30. The van der Waals surface area contributed by atoms with Crippen LogP contribution in [0.1, 0.15) is 154 Å². The molecule has 23 N–H and O–H groups in total. The van der Waals surface area contributed by atoms with Crippen molar-refractivity contribution in [3.05, 3.63) is 141 Å². The van der Waals surface area contributed by atoms with Crippen LogP contribution in [-0.2, 0) is 69.1 Å². The second kappa shape index (κ2) is 38.0. The van der Waals surface area contributed by atoms with E-state index in [0.717, 1.165) is 86.9 Å². The second-order valence-corrected chi connectivity index (χ2v) is 37.7. The number of fused-ring (bicyclic) bond motifs is 16. The molecule has 0 radical (unpaired) electrons. The number of methoxy groups -OCH3 is 1. The highest BCUT2D eigenvalue weighted by Gasteiger charge is 2.55. The molecule has 42 heteroatoms. The predicted molar refractivity (Wildman–Crippen MR) is 459 cm³/mol. The Morgan fingerprint density at radius 2 is 1.32 bits per heavy atom. The first-order valence-electron chi connectivity index (χ1n) is 42.8. The molecule has 0 aromatic heterocycles. The number of likely N-dealkylation sites (N-methyl/N-ethyl adjacent to an activating group) is 1. The Kier molecular flexibility index (Phi) is 27.3. The summed E-state index contributed by atoms with van der Waals surface area (Å²) >= 11 is 7.32. The number of ether oxygens (including phenoxy) is 7. The minimum atomic E-state index is -3.72. The summed E-state index contributed by atoms with van der Waals surface area (Å²) in [5.41, 5.74) is 1.87. The normalized spacial score (nSPS) is 30.6. The maximum atomic E-state index is 16.8. The maximum absolute atomic E-state index is 16.8. The number of imide groups is 1. The highest BCUT2D eigenvalue weighted by Crippen LogP contribution is 2.56. The summed E-state index contributed by atoms with van der Waals surface area (Å²) in [6.07, 6.45) is -17.2. The van der Waals surface area contributed by atoms with Crippen LogP contribution in [0.5, 0.6) is 51.7 Å². The number of aliphatic hydroxyl groups excluding tert-OH is 6. The number of nitrogens with one attached hydrogen (secondary N) is 12. The Morgan fingerprint density at radius 1 is 0.677 bits per heavy atom. The SMILES string of the molecule is CN[C@H](CC(C)C)C(=O)N[C@H]1C(=O)N[C@@H](CC(=O)NC(=O)Nc2ccc(OC)cc2)C(=O)N[C@H]2C(=O)N[C@H]3C(=O)N[C@H](C(=O)N[C@H](C(=O)NC4C5CC6CC(C5)CC4C6)c4cc(O)c(CNCCNS(C)(=O)=O)c(O)c4-c4cc3ccc4O)[C@H](O)c3ccc(c(Cl)c3)Oc3cc2cc2c3O[C@@H]3O[C@H](C(O)c4cc(ccc4O2)[C@H]1O)[C@@H](O)[C@H](O)[C@H]3O[C@H]1C[C@](C)(N)[C@H](O)[C@H](C)O1. The van der Waals surface area contributed by atoms with E-state index < -0.39 is 265 Å². The number of sulfonamides is 1. The summed E-state index contributed by atoms with van der Waals surface area (Å²) in [6, 6.07) is 2.84. The van der Waals surface area contributed by atoms with E-state index in [1.54, 1.807) is 13.8 Å². The van der Waals surface area contributed by atoms with Gasteiger partial charge in [0.05, 0.1) is 48.6 Å². The van der Waals surface area contributed by atoms with E-state index in [0.29, 0.717) is 17.6 Å². The quantitative estimate of drug-likeness (QED) is 0.0515. The third-order valence-corrected chi connectivity index (χ3v) is 26.6. The highest BCUT2D eigenvalue weighted by atomic mass is 35.5. The fraction of sp³-hybridized carbons (Fsp3) is 0.489. The van der Waals surface area contributed by atoms with Gasteiger partial charge in [0.15, 0.2) is 23.9 Å². The van der Waals surface area contributed by atoms with Crippen LogP contribution in [0.15, 0.2) is 97.1 Å². The number of halogens is 1. The van der Waals surface area contributed by atoms with Gasteiger partial charge in [-0.3, -0.25) is 43.7 Å². The predicted octanol–water partition coefficient (Wildman–Crippen LogP) is 1.87. The largest absolute Gasteiger partial charge is 0.507 e. The number of benzene rings is 6. The monoisotopic (exact) mass is 1840 g/mol. The fourth-order valence-electron chi connectivity index (χ4n) is 19.2. The summed E-state index contributed by atoms with van der Waals surface area (Å²) in [6.45, 7) is 5.86. The number of aliphatic hydroxyl groups is 6. The van der Waals surface area contributed by atoms with Crippen LogP contribution in [0, 0.1) is 29.6 Å². The van der Waals surface area contributed by atoms with Gasteiger partial charge in [-0.2, -0.15) is 0 Å². The molecule has 6 aromatic rings. The molecule has 18 rings (SSSR count). The van der Waals surface area contributed by atoms with Gasteiger partial charge in [0.1, 0.15) is 107 Å². The smallest absolute Gasteiger partial charge is 0.325 e. The van der Waals surface area contributed by atoms with Gasteiger partial charge >= 0.3 is 6.03 Å². The van der Waals surface area contributed by atoms with Crippen molar-refractivity contribution in [3.8, 4) is 62.9 Å². The summed E-state index contributed by atoms with van der Waals surface area (Å²) in [5, 5.41) is 141. The van der Waals surface area contributed by atoms with Crippen molar-refractivity contribution >= 4 is 80.6 Å². The zero-order valence-corrected chi connectivity index (χ0v) is 73.2. The Labute approximate surface area is 750 Å². The number of urea groups is 1. The van der Waals surface area contributed by atoms with Gasteiger partial charge in [-0.05, 0) is 196 Å². The Morgan fingerprint density at radius 3 is 1.98 bits per heavy atom. The lowest BCUT2D eigenvalue weighted by Crippen LogP contribution is -2.64. The molecule has 8 aliphatic heterocycles. The number of aromatic hydroxyl groups is 3. The number of carbonyl (C=O) groups is 9. The number of rotatable bonds is 19. The van der Waals surface area contributed by atoms with Crippen LogP contribution in [0.25, 0.3) is 11.1 Å². The molecule has 1 unspecified atom stereocenters. The Balaban J connectivity index is 0.937. The molecular formula is C88H106ClN13O27S. The maximum Gasteiger partial charge on any atom is 0.325 e. The van der Waals surface area contributed by atoms with Crippen molar-refractivity contribution in [2.75, 3.05) is 38.8 Å². The third kappa shape index (κ3) is 19.7. The summed E-state index contributed by atoms with van der Waals surface area (Å²) < 4.78 is 71.5. The first-order chi connectivity index (χ1) is 61.7. The molecule has 6 fully saturated rings. The minimum absolute atomic E-state index is 0.000381. The summed E-state index contributed by atoms with van der Waals surface area (Å²) in [7, 11) is -0.867. The minimum Gasteiger partial charge on any atom is -0.507 e. The lowest BCUT2D eigenvalue weighted by atomic mass is 9.54. The first-order valence-corrected chi connectivity index (χ1v) is 45.1. The van der Waals surface area contributed by atoms with E-state index in [4.69, 9.17) is 50.5 Å². The van der Waals surface area contributed by atoms with Crippen LogP contribution >= 0.6 is 11.6 Å². The van der Waals surface area contributed by atoms with E-state index in [2.05, 4.69) is 63.2 Å². The van der Waals surface area contributed by atoms with E-state index in [1.807, 2.05) is 0 Å².